The highest BCUT2D eigenvalue weighted by molar-refractivity contribution is 7.89. The summed E-state index contributed by atoms with van der Waals surface area (Å²) in [6.07, 6.45) is 11.3. The number of rotatable bonds is 7. The van der Waals surface area contributed by atoms with Gasteiger partial charge in [-0.1, -0.05) is 19.3 Å². The topological polar surface area (TPSA) is 131 Å². The third-order valence-corrected chi connectivity index (χ3v) is 9.31. The molecule has 4 aromatic rings. The molecule has 0 unspecified atom stereocenters. The molecule has 0 radical (unpaired) electrons. The molecule has 0 bridgehead atoms. The van der Waals surface area contributed by atoms with Crippen molar-refractivity contribution in [3.05, 3.63) is 55.0 Å². The SMILES string of the molecule is Nc1ccc(Nc2cc(Nc3ccc(S(=O)(=O)N4CCCC4)cc3)c3ncn(C4CCCCC4)c3n2)cn1. The maximum atomic E-state index is 12.9. The van der Waals surface area contributed by atoms with E-state index < -0.39 is 10.0 Å². The van der Waals surface area contributed by atoms with E-state index in [0.717, 1.165) is 53.9 Å². The van der Waals surface area contributed by atoms with Gasteiger partial charge in [0.05, 0.1) is 28.8 Å². The number of nitrogen functional groups attached to an aromatic ring is 1. The van der Waals surface area contributed by atoms with Gasteiger partial charge in [-0.15, -0.1) is 0 Å². The van der Waals surface area contributed by atoms with Crippen molar-refractivity contribution in [3.63, 3.8) is 0 Å². The molecule has 1 aliphatic heterocycles. The number of anilines is 5. The summed E-state index contributed by atoms with van der Waals surface area (Å²) in [5.74, 6) is 1.10. The highest BCUT2D eigenvalue weighted by atomic mass is 32.2. The van der Waals surface area contributed by atoms with Crippen LogP contribution in [0.25, 0.3) is 11.2 Å². The number of nitrogens with zero attached hydrogens (tertiary/aromatic N) is 5. The number of nitrogens with one attached hydrogen (secondary N) is 2. The van der Waals surface area contributed by atoms with Crippen LogP contribution in [-0.4, -0.2) is 45.3 Å². The average Bonchev–Trinajstić information content (AvgIpc) is 3.62. The molecule has 198 valence electrons. The van der Waals surface area contributed by atoms with Crippen LogP contribution in [0.15, 0.2) is 59.9 Å². The molecular formula is C27H32N8O2S. The second-order valence-electron chi connectivity index (χ2n) is 10.0. The molecule has 11 heteroatoms. The molecule has 0 atom stereocenters. The summed E-state index contributed by atoms with van der Waals surface area (Å²) in [5, 5.41) is 6.78. The van der Waals surface area contributed by atoms with Crippen molar-refractivity contribution in [1.82, 2.24) is 23.8 Å². The Morgan fingerprint density at radius 1 is 0.868 bits per heavy atom. The summed E-state index contributed by atoms with van der Waals surface area (Å²) in [5.41, 5.74) is 9.65. The van der Waals surface area contributed by atoms with Crippen molar-refractivity contribution < 1.29 is 8.42 Å². The molecule has 2 aliphatic rings. The normalized spacial score (nSPS) is 17.2. The van der Waals surface area contributed by atoms with Gasteiger partial charge in [0.25, 0.3) is 0 Å². The zero-order valence-corrected chi connectivity index (χ0v) is 22.0. The van der Waals surface area contributed by atoms with Crippen LogP contribution in [0.2, 0.25) is 0 Å². The predicted octanol–water partition coefficient (Wildman–Crippen LogP) is 5.19. The molecule has 38 heavy (non-hydrogen) atoms. The molecule has 1 aromatic carbocycles. The Bertz CT molecular complexity index is 1520. The van der Waals surface area contributed by atoms with Gasteiger partial charge in [-0.05, 0) is 62.1 Å². The zero-order valence-electron chi connectivity index (χ0n) is 21.2. The van der Waals surface area contributed by atoms with E-state index in [4.69, 9.17) is 15.7 Å². The van der Waals surface area contributed by atoms with Gasteiger partial charge in [0, 0.05) is 30.9 Å². The molecule has 1 saturated carbocycles. The summed E-state index contributed by atoms with van der Waals surface area (Å²) >= 11 is 0. The van der Waals surface area contributed by atoms with Crippen molar-refractivity contribution in [2.45, 2.75) is 55.9 Å². The summed E-state index contributed by atoms with van der Waals surface area (Å²) in [7, 11) is -3.46. The minimum absolute atomic E-state index is 0.310. The first-order valence-corrected chi connectivity index (χ1v) is 14.6. The van der Waals surface area contributed by atoms with Crippen molar-refractivity contribution in [1.29, 1.82) is 0 Å². The third-order valence-electron chi connectivity index (χ3n) is 7.39. The number of benzene rings is 1. The number of aromatic nitrogens is 4. The molecule has 0 amide bonds. The first kappa shape index (κ1) is 24.6. The summed E-state index contributed by atoms with van der Waals surface area (Å²) in [6.45, 7) is 1.17. The van der Waals surface area contributed by atoms with E-state index >= 15 is 0 Å². The summed E-state index contributed by atoms with van der Waals surface area (Å²) in [6, 6.07) is 12.8. The van der Waals surface area contributed by atoms with Gasteiger partial charge < -0.3 is 20.9 Å². The fourth-order valence-corrected chi connectivity index (χ4v) is 6.88. The molecule has 4 N–H and O–H groups in total. The minimum atomic E-state index is -3.46. The van der Waals surface area contributed by atoms with Gasteiger partial charge in [-0.2, -0.15) is 4.31 Å². The molecule has 6 rings (SSSR count). The summed E-state index contributed by atoms with van der Waals surface area (Å²) in [4.78, 5) is 14.1. The average molecular weight is 533 g/mol. The number of sulfonamides is 1. The second kappa shape index (κ2) is 10.2. The number of pyridine rings is 2. The smallest absolute Gasteiger partial charge is 0.243 e. The van der Waals surface area contributed by atoms with E-state index in [2.05, 4.69) is 20.2 Å². The van der Waals surface area contributed by atoms with Gasteiger partial charge in [0.2, 0.25) is 10.0 Å². The molecule has 4 heterocycles. The van der Waals surface area contributed by atoms with E-state index in [0.29, 0.717) is 35.7 Å². The Morgan fingerprint density at radius 2 is 1.61 bits per heavy atom. The molecule has 10 nitrogen and oxygen atoms in total. The van der Waals surface area contributed by atoms with Gasteiger partial charge in [-0.25, -0.2) is 23.4 Å². The highest BCUT2D eigenvalue weighted by Crippen LogP contribution is 2.34. The van der Waals surface area contributed by atoms with E-state index in [1.165, 1.54) is 19.3 Å². The Balaban J connectivity index is 1.33. The molecule has 2 fully saturated rings. The fourth-order valence-electron chi connectivity index (χ4n) is 5.36. The van der Waals surface area contributed by atoms with Crippen LogP contribution in [0.3, 0.4) is 0 Å². The third kappa shape index (κ3) is 4.91. The van der Waals surface area contributed by atoms with Crippen LogP contribution in [0.5, 0.6) is 0 Å². The van der Waals surface area contributed by atoms with Gasteiger partial charge in [-0.3, -0.25) is 0 Å². The van der Waals surface area contributed by atoms with Gasteiger partial charge in [0.1, 0.15) is 17.2 Å². The monoisotopic (exact) mass is 532 g/mol. The van der Waals surface area contributed by atoms with Crippen molar-refractivity contribution in [3.8, 4) is 0 Å². The van der Waals surface area contributed by atoms with E-state index in [1.807, 2.05) is 18.5 Å². The lowest BCUT2D eigenvalue weighted by atomic mass is 9.95. The van der Waals surface area contributed by atoms with Crippen LogP contribution in [0, 0.1) is 0 Å². The standard InChI is InChI=1S/C27H32N8O2S/c28-24-13-10-20(17-29-24)32-25-16-23(26-27(33-25)35(18-30-26)21-6-2-1-3-7-21)31-19-8-11-22(12-9-19)38(36,37)34-14-4-5-15-34/h8-13,16-18,21H,1-7,14-15H2,(H2,28,29)(H2,31,32,33). The minimum Gasteiger partial charge on any atom is -0.384 e. The fraction of sp³-hybridized carbons (Fsp3) is 0.370. The molecular weight excluding hydrogens is 500 g/mol. The maximum Gasteiger partial charge on any atom is 0.243 e. The lowest BCUT2D eigenvalue weighted by Gasteiger charge is -2.23. The number of hydrogen-bond acceptors (Lipinski definition) is 8. The lowest BCUT2D eigenvalue weighted by Crippen LogP contribution is -2.27. The molecule has 1 aliphatic carbocycles. The van der Waals surface area contributed by atoms with Crippen LogP contribution in [0.4, 0.5) is 28.7 Å². The molecule has 1 saturated heterocycles. The molecule has 3 aromatic heterocycles. The van der Waals surface area contributed by atoms with Crippen LogP contribution < -0.4 is 16.4 Å². The predicted molar refractivity (Wildman–Crippen MR) is 149 cm³/mol. The maximum absolute atomic E-state index is 12.9. The van der Waals surface area contributed by atoms with Crippen molar-refractivity contribution in [2.24, 2.45) is 0 Å². The first-order valence-electron chi connectivity index (χ1n) is 13.2. The van der Waals surface area contributed by atoms with Crippen LogP contribution >= 0.6 is 0 Å². The van der Waals surface area contributed by atoms with Gasteiger partial charge in [0.15, 0.2) is 5.65 Å². The molecule has 0 spiro atoms. The zero-order chi connectivity index (χ0) is 26.1. The van der Waals surface area contributed by atoms with Crippen LogP contribution in [-0.2, 0) is 10.0 Å². The number of hydrogen-bond donors (Lipinski definition) is 3. The Kier molecular flexibility index (Phi) is 6.62. The Hall–Kier alpha value is -3.70. The Labute approximate surface area is 222 Å². The van der Waals surface area contributed by atoms with Crippen molar-refractivity contribution in [2.75, 3.05) is 29.5 Å². The van der Waals surface area contributed by atoms with Gasteiger partial charge >= 0.3 is 0 Å². The Morgan fingerprint density at radius 3 is 2.32 bits per heavy atom. The van der Waals surface area contributed by atoms with Crippen LogP contribution in [0.1, 0.15) is 51.0 Å². The number of imidazole rings is 1. The number of nitrogens with two attached hydrogens (primary N) is 1. The summed E-state index contributed by atoms with van der Waals surface area (Å²) < 4.78 is 29.6. The van der Waals surface area contributed by atoms with E-state index in [9.17, 15) is 8.42 Å². The highest BCUT2D eigenvalue weighted by Gasteiger charge is 2.27. The quantitative estimate of drug-likeness (QED) is 0.297. The first-order chi connectivity index (χ1) is 18.5. The largest absolute Gasteiger partial charge is 0.384 e. The van der Waals surface area contributed by atoms with E-state index in [1.54, 1.807) is 40.8 Å². The second-order valence-corrected chi connectivity index (χ2v) is 12.0. The lowest BCUT2D eigenvalue weighted by molar-refractivity contribution is 0.358. The van der Waals surface area contributed by atoms with Crippen molar-refractivity contribution >= 4 is 49.9 Å². The van der Waals surface area contributed by atoms with E-state index in [-0.39, 0.29) is 0 Å². The number of fused-ring (bicyclic) bond motifs is 1.